The van der Waals surface area contributed by atoms with Gasteiger partial charge in [0.2, 0.25) is 10.0 Å². The number of rotatable bonds is 9. The minimum absolute atomic E-state index is 0.122. The van der Waals surface area contributed by atoms with Crippen LogP contribution in [0.3, 0.4) is 0 Å². The molecule has 6 heteroatoms. The van der Waals surface area contributed by atoms with E-state index in [1.165, 1.54) is 0 Å². The molecule has 0 aromatic carbocycles. The Bertz CT molecular complexity index is 327. The van der Waals surface area contributed by atoms with Crippen LogP contribution in [0.2, 0.25) is 0 Å². The van der Waals surface area contributed by atoms with Crippen molar-refractivity contribution >= 4 is 10.0 Å². The lowest BCUT2D eigenvalue weighted by molar-refractivity contribution is 0.0632. The van der Waals surface area contributed by atoms with Crippen LogP contribution >= 0.6 is 0 Å². The predicted molar refractivity (Wildman–Crippen MR) is 77.8 cm³/mol. The van der Waals surface area contributed by atoms with Crippen molar-refractivity contribution in [3.05, 3.63) is 0 Å². The molecular formula is C13H28N2O3S. The number of nitrogens with one attached hydrogen (secondary N) is 1. The van der Waals surface area contributed by atoms with Crippen molar-refractivity contribution in [2.75, 3.05) is 39.1 Å². The summed E-state index contributed by atoms with van der Waals surface area (Å²) in [6.45, 7) is 5.39. The van der Waals surface area contributed by atoms with E-state index in [1.807, 2.05) is 0 Å². The number of hydrogen-bond donors (Lipinski definition) is 1. The molecule has 0 aromatic rings. The van der Waals surface area contributed by atoms with Gasteiger partial charge in [-0.3, -0.25) is 0 Å². The zero-order valence-electron chi connectivity index (χ0n) is 12.2. The van der Waals surface area contributed by atoms with E-state index in [2.05, 4.69) is 12.2 Å². The zero-order chi connectivity index (χ0) is 14.1. The van der Waals surface area contributed by atoms with Crippen LogP contribution in [0.15, 0.2) is 0 Å². The Labute approximate surface area is 117 Å². The summed E-state index contributed by atoms with van der Waals surface area (Å²) >= 11 is 0. The van der Waals surface area contributed by atoms with Crippen LogP contribution < -0.4 is 5.32 Å². The number of hydrogen-bond acceptors (Lipinski definition) is 4. The van der Waals surface area contributed by atoms with Crippen molar-refractivity contribution in [3.8, 4) is 0 Å². The van der Waals surface area contributed by atoms with Crippen LogP contribution in [0.1, 0.15) is 39.0 Å². The fourth-order valence-corrected chi connectivity index (χ4v) is 3.78. The Morgan fingerprint density at radius 3 is 2.53 bits per heavy atom. The maximum Gasteiger partial charge on any atom is 0.214 e. The lowest BCUT2D eigenvalue weighted by Crippen LogP contribution is -2.41. The van der Waals surface area contributed by atoms with Gasteiger partial charge < -0.3 is 10.1 Å². The van der Waals surface area contributed by atoms with E-state index in [0.717, 1.165) is 45.2 Å². The highest BCUT2D eigenvalue weighted by Gasteiger charge is 2.27. The van der Waals surface area contributed by atoms with Crippen LogP contribution in [0.5, 0.6) is 0 Å². The van der Waals surface area contributed by atoms with Crippen molar-refractivity contribution in [2.45, 2.75) is 45.1 Å². The molecule has 1 heterocycles. The molecule has 1 rings (SSSR count). The van der Waals surface area contributed by atoms with Crippen molar-refractivity contribution in [1.82, 2.24) is 9.62 Å². The molecule has 0 amide bonds. The molecule has 0 saturated carbocycles. The first-order valence-corrected chi connectivity index (χ1v) is 8.93. The third kappa shape index (κ3) is 6.21. The Morgan fingerprint density at radius 2 is 1.89 bits per heavy atom. The average Bonchev–Trinajstić information content (AvgIpc) is 2.43. The van der Waals surface area contributed by atoms with Gasteiger partial charge in [-0.1, -0.05) is 6.92 Å². The Hall–Kier alpha value is -0.170. The molecule has 0 spiro atoms. The van der Waals surface area contributed by atoms with Gasteiger partial charge in [0.25, 0.3) is 0 Å². The topological polar surface area (TPSA) is 58.6 Å². The van der Waals surface area contributed by atoms with Crippen LogP contribution in [-0.2, 0) is 14.8 Å². The summed E-state index contributed by atoms with van der Waals surface area (Å²) in [6.07, 6.45) is 4.39. The van der Waals surface area contributed by atoms with Gasteiger partial charge in [-0.25, -0.2) is 12.7 Å². The van der Waals surface area contributed by atoms with E-state index in [9.17, 15) is 8.42 Å². The van der Waals surface area contributed by atoms with Crippen molar-refractivity contribution in [1.29, 1.82) is 0 Å². The second-order valence-electron chi connectivity index (χ2n) is 5.13. The second kappa shape index (κ2) is 8.89. The monoisotopic (exact) mass is 292 g/mol. The molecule has 0 aliphatic carbocycles. The number of nitrogens with zero attached hydrogens (tertiary/aromatic N) is 1. The summed E-state index contributed by atoms with van der Waals surface area (Å²) in [5.41, 5.74) is 0. The third-order valence-electron chi connectivity index (χ3n) is 3.58. The van der Waals surface area contributed by atoms with E-state index < -0.39 is 10.0 Å². The minimum Gasteiger partial charge on any atom is -0.381 e. The lowest BCUT2D eigenvalue weighted by atomic mass is 10.1. The van der Waals surface area contributed by atoms with Crippen molar-refractivity contribution < 1.29 is 13.2 Å². The van der Waals surface area contributed by atoms with E-state index >= 15 is 0 Å². The molecule has 114 valence electrons. The first kappa shape index (κ1) is 16.9. The van der Waals surface area contributed by atoms with Gasteiger partial charge in [0.1, 0.15) is 0 Å². The molecule has 5 nitrogen and oxygen atoms in total. The van der Waals surface area contributed by atoms with E-state index in [1.54, 1.807) is 11.4 Å². The van der Waals surface area contributed by atoms with Crippen molar-refractivity contribution in [3.63, 3.8) is 0 Å². The first-order chi connectivity index (χ1) is 9.08. The Balaban J connectivity index is 2.25. The van der Waals surface area contributed by atoms with Crippen molar-refractivity contribution in [2.24, 2.45) is 0 Å². The summed E-state index contributed by atoms with van der Waals surface area (Å²) in [5.74, 6) is 0.259. The molecule has 1 fully saturated rings. The average molecular weight is 292 g/mol. The van der Waals surface area contributed by atoms with Gasteiger partial charge in [-0.15, -0.1) is 0 Å². The van der Waals surface area contributed by atoms with E-state index in [4.69, 9.17) is 4.74 Å². The van der Waals surface area contributed by atoms with Crippen LogP contribution in [0.25, 0.3) is 0 Å². The quantitative estimate of drug-likeness (QED) is 0.649. The first-order valence-electron chi connectivity index (χ1n) is 7.32. The molecular weight excluding hydrogens is 264 g/mol. The van der Waals surface area contributed by atoms with Crippen LogP contribution in [0.4, 0.5) is 0 Å². The molecule has 19 heavy (non-hydrogen) atoms. The maximum atomic E-state index is 12.2. The maximum absolute atomic E-state index is 12.2. The summed E-state index contributed by atoms with van der Waals surface area (Å²) in [5, 5.41) is 3.29. The second-order valence-corrected chi connectivity index (χ2v) is 7.28. The minimum atomic E-state index is -3.10. The predicted octanol–water partition coefficient (Wildman–Crippen LogP) is 1.21. The highest BCUT2D eigenvalue weighted by molar-refractivity contribution is 7.89. The number of unbranched alkanes of at least 4 members (excludes halogenated alkanes) is 1. The molecule has 0 radical (unpaired) electrons. The smallest absolute Gasteiger partial charge is 0.214 e. The highest BCUT2D eigenvalue weighted by atomic mass is 32.2. The highest BCUT2D eigenvalue weighted by Crippen LogP contribution is 2.17. The molecule has 1 aliphatic heterocycles. The molecule has 0 aromatic heterocycles. The molecule has 0 unspecified atom stereocenters. The fraction of sp³-hybridized carbons (Fsp3) is 1.00. The molecule has 1 N–H and O–H groups in total. The van der Waals surface area contributed by atoms with Gasteiger partial charge in [-0.05, 0) is 45.2 Å². The third-order valence-corrected chi connectivity index (χ3v) is 5.56. The van der Waals surface area contributed by atoms with Gasteiger partial charge >= 0.3 is 0 Å². The lowest BCUT2D eigenvalue weighted by Gasteiger charge is -2.30. The molecule has 0 atom stereocenters. The van der Waals surface area contributed by atoms with Crippen LogP contribution in [-0.4, -0.2) is 57.9 Å². The van der Waals surface area contributed by atoms with E-state index in [-0.39, 0.29) is 11.8 Å². The summed E-state index contributed by atoms with van der Waals surface area (Å²) in [7, 11) is -1.39. The van der Waals surface area contributed by atoms with Gasteiger partial charge in [0.15, 0.2) is 0 Å². The van der Waals surface area contributed by atoms with Crippen LogP contribution in [0, 0.1) is 0 Å². The Morgan fingerprint density at radius 1 is 1.21 bits per heavy atom. The van der Waals surface area contributed by atoms with Gasteiger partial charge in [0, 0.05) is 26.3 Å². The summed E-state index contributed by atoms with van der Waals surface area (Å²) in [6, 6.07) is 0.122. The molecule has 0 bridgehead atoms. The van der Waals surface area contributed by atoms with E-state index in [0.29, 0.717) is 13.2 Å². The summed E-state index contributed by atoms with van der Waals surface area (Å²) in [4.78, 5) is 0. The van der Waals surface area contributed by atoms with Gasteiger partial charge in [0.05, 0.1) is 5.75 Å². The Kier molecular flexibility index (Phi) is 7.90. The molecule has 1 saturated heterocycles. The fourth-order valence-electron chi connectivity index (χ4n) is 2.26. The largest absolute Gasteiger partial charge is 0.381 e. The SMILES string of the molecule is CCCNCCCCS(=O)(=O)N(C)C1CCOCC1. The summed E-state index contributed by atoms with van der Waals surface area (Å²) < 4.78 is 31.2. The van der Waals surface area contributed by atoms with Gasteiger partial charge in [-0.2, -0.15) is 0 Å². The standard InChI is InChI=1S/C13H28N2O3S/c1-3-8-14-9-4-5-12-19(16,17)15(2)13-6-10-18-11-7-13/h13-14H,3-12H2,1-2H3. The normalized spacial score (nSPS) is 18.1. The number of sulfonamides is 1. The molecule has 1 aliphatic rings. The number of ether oxygens (including phenoxy) is 1. The zero-order valence-corrected chi connectivity index (χ0v) is 13.0.